The van der Waals surface area contributed by atoms with Crippen LogP contribution in [0.3, 0.4) is 0 Å². The SMILES string of the molecule is CCCCO[C@@H](c1cc(CO[Si](C)(C)C(C)(C)C)ccc1-c1cc(OC)ccc1F)C(C)(C)C. The van der Waals surface area contributed by atoms with Gasteiger partial charge in [0, 0.05) is 12.2 Å². The van der Waals surface area contributed by atoms with Gasteiger partial charge < -0.3 is 13.9 Å². The standard InChI is InChI=1S/C29H45FO3Si/c1-11-12-17-32-27(28(2,3)4)25-18-21(20-33-34(9,10)29(5,6)7)13-15-23(25)24-19-22(31-8)14-16-26(24)30/h13-16,18-19,27H,11-12,17,20H2,1-10H3/t27-/m0/s1. The summed E-state index contributed by atoms with van der Waals surface area (Å²) in [6.45, 7) is 21.2. The van der Waals surface area contributed by atoms with Crippen LogP contribution in [-0.4, -0.2) is 22.0 Å². The summed E-state index contributed by atoms with van der Waals surface area (Å²) >= 11 is 0. The van der Waals surface area contributed by atoms with Crippen LogP contribution in [0.5, 0.6) is 5.75 Å². The van der Waals surface area contributed by atoms with Crippen LogP contribution < -0.4 is 4.74 Å². The van der Waals surface area contributed by atoms with Gasteiger partial charge in [0.25, 0.3) is 0 Å². The van der Waals surface area contributed by atoms with Gasteiger partial charge in [-0.05, 0) is 64.9 Å². The fourth-order valence-electron chi connectivity index (χ4n) is 3.63. The maximum absolute atomic E-state index is 15.1. The highest BCUT2D eigenvalue weighted by molar-refractivity contribution is 6.74. The molecule has 0 amide bonds. The van der Waals surface area contributed by atoms with Crippen molar-refractivity contribution in [2.45, 2.75) is 92.2 Å². The molecule has 0 N–H and O–H groups in total. The van der Waals surface area contributed by atoms with Gasteiger partial charge in [-0.1, -0.05) is 73.1 Å². The van der Waals surface area contributed by atoms with Crippen LogP contribution in [0.15, 0.2) is 36.4 Å². The Bertz CT molecular complexity index is 941. The van der Waals surface area contributed by atoms with Gasteiger partial charge in [0.15, 0.2) is 8.32 Å². The van der Waals surface area contributed by atoms with Gasteiger partial charge in [-0.3, -0.25) is 0 Å². The summed E-state index contributed by atoms with van der Waals surface area (Å²) in [6.07, 6.45) is 1.87. The Morgan fingerprint density at radius 1 is 0.941 bits per heavy atom. The molecule has 0 fully saturated rings. The zero-order chi connectivity index (χ0) is 25.7. The van der Waals surface area contributed by atoms with Crippen molar-refractivity contribution in [3.8, 4) is 16.9 Å². The lowest BCUT2D eigenvalue weighted by Crippen LogP contribution is -2.40. The third-order valence-electron chi connectivity index (χ3n) is 6.84. The van der Waals surface area contributed by atoms with Gasteiger partial charge in [0.2, 0.25) is 0 Å². The number of rotatable bonds is 10. The molecule has 2 aromatic carbocycles. The highest BCUT2D eigenvalue weighted by atomic mass is 28.4. The minimum atomic E-state index is -1.90. The molecular weight excluding hydrogens is 443 g/mol. The van der Waals surface area contributed by atoms with Crippen molar-refractivity contribution < 1.29 is 18.3 Å². The van der Waals surface area contributed by atoms with E-state index in [9.17, 15) is 0 Å². The van der Waals surface area contributed by atoms with Crippen molar-refractivity contribution >= 4 is 8.32 Å². The quantitative estimate of drug-likeness (QED) is 0.247. The first-order chi connectivity index (χ1) is 15.7. The minimum absolute atomic E-state index is 0.136. The van der Waals surface area contributed by atoms with Crippen molar-refractivity contribution in [1.82, 2.24) is 0 Å². The van der Waals surface area contributed by atoms with E-state index in [1.54, 1.807) is 19.2 Å². The second-order valence-corrected chi connectivity index (χ2v) is 16.6. The van der Waals surface area contributed by atoms with Crippen LogP contribution in [0.4, 0.5) is 4.39 Å². The molecule has 5 heteroatoms. The van der Waals surface area contributed by atoms with E-state index in [1.807, 2.05) is 6.07 Å². The molecule has 0 spiro atoms. The van der Waals surface area contributed by atoms with Gasteiger partial charge in [-0.2, -0.15) is 0 Å². The molecule has 3 nitrogen and oxygen atoms in total. The molecule has 0 saturated carbocycles. The molecule has 2 aromatic rings. The molecule has 0 aliphatic heterocycles. The summed E-state index contributed by atoms with van der Waals surface area (Å²) in [5.74, 6) is 0.362. The Hall–Kier alpha value is -1.69. The third kappa shape index (κ3) is 7.16. The van der Waals surface area contributed by atoms with E-state index in [2.05, 4.69) is 73.7 Å². The molecule has 0 aliphatic rings. The highest BCUT2D eigenvalue weighted by Gasteiger charge is 2.37. The van der Waals surface area contributed by atoms with Gasteiger partial charge in [-0.15, -0.1) is 0 Å². The summed E-state index contributed by atoms with van der Waals surface area (Å²) < 4.78 is 33.4. The Morgan fingerprint density at radius 3 is 2.18 bits per heavy atom. The fourth-order valence-corrected chi connectivity index (χ4v) is 4.59. The first kappa shape index (κ1) is 28.5. The van der Waals surface area contributed by atoms with Crippen LogP contribution in [0, 0.1) is 11.2 Å². The van der Waals surface area contributed by atoms with E-state index in [0.29, 0.717) is 24.5 Å². The topological polar surface area (TPSA) is 27.7 Å². The van der Waals surface area contributed by atoms with Gasteiger partial charge >= 0.3 is 0 Å². The van der Waals surface area contributed by atoms with Crippen molar-refractivity contribution in [1.29, 1.82) is 0 Å². The van der Waals surface area contributed by atoms with E-state index < -0.39 is 8.32 Å². The van der Waals surface area contributed by atoms with E-state index in [0.717, 1.165) is 29.5 Å². The maximum Gasteiger partial charge on any atom is 0.192 e. The van der Waals surface area contributed by atoms with E-state index in [1.165, 1.54) is 6.07 Å². The normalized spacial score (nSPS) is 13.7. The Morgan fingerprint density at radius 2 is 1.62 bits per heavy atom. The fraction of sp³-hybridized carbons (Fsp3) is 0.586. The van der Waals surface area contributed by atoms with Crippen LogP contribution in [0.1, 0.15) is 78.5 Å². The number of hydrogen-bond donors (Lipinski definition) is 0. The molecule has 0 heterocycles. The average molecular weight is 489 g/mol. The van der Waals surface area contributed by atoms with Gasteiger partial charge in [0.1, 0.15) is 11.6 Å². The van der Waals surface area contributed by atoms with Crippen molar-refractivity contribution in [3.63, 3.8) is 0 Å². The largest absolute Gasteiger partial charge is 0.497 e. The zero-order valence-electron chi connectivity index (χ0n) is 23.0. The number of hydrogen-bond acceptors (Lipinski definition) is 3. The lowest BCUT2D eigenvalue weighted by atomic mass is 9.81. The van der Waals surface area contributed by atoms with Gasteiger partial charge in [-0.25, -0.2) is 4.39 Å². The summed E-state index contributed by atoms with van der Waals surface area (Å²) in [5.41, 5.74) is 3.27. The predicted molar refractivity (Wildman–Crippen MR) is 143 cm³/mol. The van der Waals surface area contributed by atoms with Crippen molar-refractivity contribution in [2.75, 3.05) is 13.7 Å². The lowest BCUT2D eigenvalue weighted by Gasteiger charge is -2.36. The molecular formula is C29H45FO3Si. The Balaban J connectivity index is 2.59. The monoisotopic (exact) mass is 488 g/mol. The minimum Gasteiger partial charge on any atom is -0.497 e. The molecule has 190 valence electrons. The third-order valence-corrected chi connectivity index (χ3v) is 11.3. The van der Waals surface area contributed by atoms with E-state index in [4.69, 9.17) is 13.9 Å². The van der Waals surface area contributed by atoms with Crippen LogP contribution in [0.2, 0.25) is 18.1 Å². The van der Waals surface area contributed by atoms with E-state index >= 15 is 4.39 Å². The molecule has 0 aliphatic carbocycles. The predicted octanol–water partition coefficient (Wildman–Crippen LogP) is 8.93. The summed E-state index contributed by atoms with van der Waals surface area (Å²) in [5, 5.41) is 0.136. The Kier molecular flexibility index (Phi) is 9.54. The number of methoxy groups -OCH3 is 1. The number of benzene rings is 2. The molecule has 0 saturated heterocycles. The van der Waals surface area contributed by atoms with Gasteiger partial charge in [0.05, 0.1) is 19.8 Å². The Labute approximate surface area is 208 Å². The zero-order valence-corrected chi connectivity index (χ0v) is 24.0. The average Bonchev–Trinajstić information content (AvgIpc) is 2.74. The molecule has 0 unspecified atom stereocenters. The first-order valence-corrected chi connectivity index (χ1v) is 15.3. The molecule has 34 heavy (non-hydrogen) atoms. The molecule has 1 atom stereocenters. The van der Waals surface area contributed by atoms with Crippen LogP contribution in [0.25, 0.3) is 11.1 Å². The second-order valence-electron chi connectivity index (χ2n) is 11.8. The maximum atomic E-state index is 15.1. The van der Waals surface area contributed by atoms with Crippen molar-refractivity contribution in [3.05, 3.63) is 53.3 Å². The molecule has 2 rings (SSSR count). The summed E-state index contributed by atoms with van der Waals surface area (Å²) in [4.78, 5) is 0. The summed E-state index contributed by atoms with van der Waals surface area (Å²) in [6, 6.07) is 11.1. The van der Waals surface area contributed by atoms with Crippen molar-refractivity contribution in [2.24, 2.45) is 5.41 Å². The molecule has 0 bridgehead atoms. The lowest BCUT2D eigenvalue weighted by molar-refractivity contribution is -0.0207. The highest BCUT2D eigenvalue weighted by Crippen LogP contribution is 2.43. The first-order valence-electron chi connectivity index (χ1n) is 12.4. The number of unbranched alkanes of at least 4 members (excludes halogenated alkanes) is 1. The smallest absolute Gasteiger partial charge is 0.192 e. The van der Waals surface area contributed by atoms with E-state index in [-0.39, 0.29) is 22.4 Å². The molecule has 0 radical (unpaired) electrons. The molecule has 0 aromatic heterocycles. The van der Waals surface area contributed by atoms with Crippen LogP contribution in [-0.2, 0) is 15.8 Å². The summed E-state index contributed by atoms with van der Waals surface area (Å²) in [7, 11) is -0.299. The van der Waals surface area contributed by atoms with Crippen LogP contribution >= 0.6 is 0 Å². The number of ether oxygens (including phenoxy) is 2. The number of halogens is 1. The second kappa shape index (κ2) is 11.4.